The maximum atomic E-state index is 12.5. The van der Waals surface area contributed by atoms with Gasteiger partial charge in [0, 0.05) is 5.56 Å². The van der Waals surface area contributed by atoms with Crippen LogP contribution in [0.1, 0.15) is 48.2 Å². The van der Waals surface area contributed by atoms with Gasteiger partial charge in [-0.1, -0.05) is 68.4 Å². The highest BCUT2D eigenvalue weighted by molar-refractivity contribution is 6.02. The van der Waals surface area contributed by atoms with Crippen LogP contribution in [0.25, 0.3) is 0 Å². The van der Waals surface area contributed by atoms with E-state index in [-0.39, 0.29) is 5.78 Å². The molecule has 0 radical (unpaired) electrons. The van der Waals surface area contributed by atoms with Gasteiger partial charge in [0.2, 0.25) is 0 Å². The molecule has 0 aliphatic rings. The molecular weight excluding hydrogens is 248 g/mol. The van der Waals surface area contributed by atoms with Crippen LogP contribution in [0.4, 0.5) is 0 Å². The molecule has 0 saturated heterocycles. The first-order valence-corrected chi connectivity index (χ1v) is 6.85. The number of ketones is 1. The fraction of sp³-hybridized carbons (Fsp3) is 0.278. The second-order valence-corrected chi connectivity index (χ2v) is 5.54. The zero-order chi connectivity index (χ0) is 14.8. The van der Waals surface area contributed by atoms with E-state index in [4.69, 9.17) is 0 Å². The van der Waals surface area contributed by atoms with Crippen LogP contribution < -0.4 is 0 Å². The van der Waals surface area contributed by atoms with Crippen molar-refractivity contribution in [1.82, 2.24) is 0 Å². The van der Waals surface area contributed by atoms with E-state index in [0.717, 1.165) is 0 Å². The molecule has 0 fully saturated rings. The molecule has 1 atom stereocenters. The lowest BCUT2D eigenvalue weighted by Crippen LogP contribution is -2.32. The quantitative estimate of drug-likeness (QED) is 0.854. The Morgan fingerprint density at radius 2 is 1.55 bits per heavy atom. The van der Waals surface area contributed by atoms with E-state index >= 15 is 0 Å². The topological polar surface area (TPSA) is 37.3 Å². The molecule has 2 rings (SSSR count). The number of rotatable bonds is 4. The summed E-state index contributed by atoms with van der Waals surface area (Å²) >= 11 is 0. The first kappa shape index (κ1) is 14.5. The molecular formula is C18H20O2. The predicted octanol–water partition coefficient (Wildman–Crippen LogP) is 3.90. The molecule has 20 heavy (non-hydrogen) atoms. The summed E-state index contributed by atoms with van der Waals surface area (Å²) in [7, 11) is 0. The van der Waals surface area contributed by atoms with E-state index in [1.54, 1.807) is 31.2 Å². The largest absolute Gasteiger partial charge is 0.377 e. The van der Waals surface area contributed by atoms with Gasteiger partial charge < -0.3 is 5.11 Å². The summed E-state index contributed by atoms with van der Waals surface area (Å²) in [6.45, 7) is 5.76. The highest BCUT2D eigenvalue weighted by Gasteiger charge is 2.32. The number of hydrogen-bond donors (Lipinski definition) is 1. The number of aliphatic hydroxyl groups is 1. The molecule has 0 aliphatic carbocycles. The fourth-order valence-electron chi connectivity index (χ4n) is 2.19. The lowest BCUT2D eigenvalue weighted by Gasteiger charge is -2.22. The number of hydrogen-bond acceptors (Lipinski definition) is 2. The average Bonchev–Trinajstić information content (AvgIpc) is 2.47. The molecule has 2 nitrogen and oxygen atoms in total. The summed E-state index contributed by atoms with van der Waals surface area (Å²) in [6.07, 6.45) is 0. The number of carbonyl (C=O) groups is 1. The molecule has 0 saturated carbocycles. The minimum absolute atomic E-state index is 0.279. The van der Waals surface area contributed by atoms with Gasteiger partial charge in [0.05, 0.1) is 0 Å². The van der Waals surface area contributed by atoms with E-state index in [9.17, 15) is 9.90 Å². The first-order chi connectivity index (χ1) is 9.43. The Kier molecular flexibility index (Phi) is 4.05. The molecule has 0 bridgehead atoms. The first-order valence-electron chi connectivity index (χ1n) is 6.85. The molecule has 0 aliphatic heterocycles. The van der Waals surface area contributed by atoms with Crippen LogP contribution in [0.3, 0.4) is 0 Å². The Bertz CT molecular complexity index is 581. The molecule has 0 spiro atoms. The maximum absolute atomic E-state index is 12.5. The van der Waals surface area contributed by atoms with Crippen molar-refractivity contribution in [2.24, 2.45) is 0 Å². The van der Waals surface area contributed by atoms with Gasteiger partial charge in [0.25, 0.3) is 0 Å². The molecule has 1 unspecified atom stereocenters. The smallest absolute Gasteiger partial charge is 0.198 e. The summed E-state index contributed by atoms with van der Waals surface area (Å²) < 4.78 is 0. The van der Waals surface area contributed by atoms with Gasteiger partial charge >= 0.3 is 0 Å². The van der Waals surface area contributed by atoms with E-state index < -0.39 is 5.60 Å². The lowest BCUT2D eigenvalue weighted by molar-refractivity contribution is 0.0392. The van der Waals surface area contributed by atoms with Gasteiger partial charge in [-0.05, 0) is 24.0 Å². The summed E-state index contributed by atoms with van der Waals surface area (Å²) in [4.78, 5) is 12.5. The Labute approximate surface area is 120 Å². The molecule has 2 aromatic carbocycles. The van der Waals surface area contributed by atoms with Crippen LogP contribution in [0.2, 0.25) is 0 Å². The van der Waals surface area contributed by atoms with Crippen LogP contribution in [0.5, 0.6) is 0 Å². The predicted molar refractivity (Wildman–Crippen MR) is 80.9 cm³/mol. The Hall–Kier alpha value is -1.93. The van der Waals surface area contributed by atoms with Gasteiger partial charge in [-0.15, -0.1) is 0 Å². The highest BCUT2D eigenvalue weighted by atomic mass is 16.3. The second kappa shape index (κ2) is 5.59. The van der Waals surface area contributed by atoms with Gasteiger partial charge in [-0.2, -0.15) is 0 Å². The minimum Gasteiger partial charge on any atom is -0.377 e. The SMILES string of the molecule is CC(C)c1ccc(C(=O)C(C)(O)c2ccccc2)cc1. The molecule has 0 amide bonds. The summed E-state index contributed by atoms with van der Waals surface area (Å²) in [5.41, 5.74) is 0.822. The number of benzene rings is 2. The number of carbonyl (C=O) groups excluding carboxylic acids is 1. The van der Waals surface area contributed by atoms with Gasteiger partial charge in [-0.25, -0.2) is 0 Å². The fourth-order valence-corrected chi connectivity index (χ4v) is 2.19. The zero-order valence-corrected chi connectivity index (χ0v) is 12.1. The van der Waals surface area contributed by atoms with Crippen molar-refractivity contribution in [2.75, 3.05) is 0 Å². The standard InChI is InChI=1S/C18H20O2/c1-13(2)14-9-11-15(12-10-14)17(19)18(3,20)16-7-5-4-6-8-16/h4-13,20H,1-3H3. The van der Waals surface area contributed by atoms with Crippen molar-refractivity contribution < 1.29 is 9.90 Å². The molecule has 104 valence electrons. The van der Waals surface area contributed by atoms with Crippen molar-refractivity contribution in [3.05, 3.63) is 71.3 Å². The average molecular weight is 268 g/mol. The Morgan fingerprint density at radius 3 is 2.05 bits per heavy atom. The minimum atomic E-state index is -1.50. The highest BCUT2D eigenvalue weighted by Crippen LogP contribution is 2.26. The van der Waals surface area contributed by atoms with Crippen molar-refractivity contribution in [3.8, 4) is 0 Å². The van der Waals surface area contributed by atoms with E-state index in [0.29, 0.717) is 17.0 Å². The number of Topliss-reactive ketones (excluding diaryl/α,β-unsaturated/α-hetero) is 1. The zero-order valence-electron chi connectivity index (χ0n) is 12.1. The van der Waals surface area contributed by atoms with E-state index in [1.807, 2.05) is 30.3 Å². The monoisotopic (exact) mass is 268 g/mol. The summed E-state index contributed by atoms with van der Waals surface area (Å²) in [5.74, 6) is 0.146. The van der Waals surface area contributed by atoms with Crippen LogP contribution in [-0.2, 0) is 5.60 Å². The molecule has 2 heteroatoms. The lowest BCUT2D eigenvalue weighted by atomic mass is 9.87. The van der Waals surface area contributed by atoms with E-state index in [2.05, 4.69) is 13.8 Å². The normalized spacial score (nSPS) is 14.1. The third kappa shape index (κ3) is 2.81. The van der Waals surface area contributed by atoms with Crippen molar-refractivity contribution in [1.29, 1.82) is 0 Å². The van der Waals surface area contributed by atoms with Gasteiger partial charge in [-0.3, -0.25) is 4.79 Å². The maximum Gasteiger partial charge on any atom is 0.198 e. The second-order valence-electron chi connectivity index (χ2n) is 5.54. The van der Waals surface area contributed by atoms with Crippen LogP contribution in [0.15, 0.2) is 54.6 Å². The molecule has 0 aromatic heterocycles. The van der Waals surface area contributed by atoms with Crippen LogP contribution in [-0.4, -0.2) is 10.9 Å². The Balaban J connectivity index is 2.31. The van der Waals surface area contributed by atoms with Crippen molar-refractivity contribution in [3.63, 3.8) is 0 Å². The summed E-state index contributed by atoms with van der Waals surface area (Å²) in [5, 5.41) is 10.5. The third-order valence-electron chi connectivity index (χ3n) is 3.62. The van der Waals surface area contributed by atoms with Crippen molar-refractivity contribution in [2.45, 2.75) is 32.3 Å². The van der Waals surface area contributed by atoms with Crippen molar-refractivity contribution >= 4 is 5.78 Å². The summed E-state index contributed by atoms with van der Waals surface area (Å²) in [6, 6.07) is 16.5. The van der Waals surface area contributed by atoms with Crippen LogP contribution >= 0.6 is 0 Å². The van der Waals surface area contributed by atoms with Gasteiger partial charge in [0.15, 0.2) is 5.78 Å². The van der Waals surface area contributed by atoms with Gasteiger partial charge in [0.1, 0.15) is 5.60 Å². The molecule has 0 heterocycles. The van der Waals surface area contributed by atoms with Crippen LogP contribution in [0, 0.1) is 0 Å². The third-order valence-corrected chi connectivity index (χ3v) is 3.62. The molecule has 2 aromatic rings. The molecule has 1 N–H and O–H groups in total. The Morgan fingerprint density at radius 1 is 1.00 bits per heavy atom. The van der Waals surface area contributed by atoms with E-state index in [1.165, 1.54) is 5.56 Å².